The summed E-state index contributed by atoms with van der Waals surface area (Å²) < 4.78 is 29.8. The van der Waals surface area contributed by atoms with Gasteiger partial charge in [-0.3, -0.25) is 4.79 Å². The average Bonchev–Trinajstić information content (AvgIpc) is 2.09. The maximum atomic E-state index is 12.8. The molecule has 0 aliphatic heterocycles. The minimum atomic E-state index is -1.14. The molecule has 0 spiro atoms. The molecule has 64 valence electrons. The first-order chi connectivity index (χ1) is 5.70. The van der Waals surface area contributed by atoms with Gasteiger partial charge in [0.2, 0.25) is 5.82 Å². The monoisotopic (exact) mass is 172 g/mol. The molecule has 0 amide bonds. The lowest BCUT2D eigenvalue weighted by Gasteiger charge is -2.04. The van der Waals surface area contributed by atoms with E-state index in [0.29, 0.717) is 6.29 Å². The van der Waals surface area contributed by atoms with E-state index in [-0.39, 0.29) is 11.3 Å². The van der Waals surface area contributed by atoms with Gasteiger partial charge >= 0.3 is 0 Å². The van der Waals surface area contributed by atoms with Crippen LogP contribution >= 0.6 is 0 Å². The molecule has 12 heavy (non-hydrogen) atoms. The molecule has 0 atom stereocenters. The van der Waals surface area contributed by atoms with Crippen molar-refractivity contribution in [1.29, 1.82) is 0 Å². The van der Waals surface area contributed by atoms with Crippen LogP contribution in [0.3, 0.4) is 0 Å². The van der Waals surface area contributed by atoms with E-state index < -0.39 is 11.6 Å². The van der Waals surface area contributed by atoms with Crippen LogP contribution in [0.2, 0.25) is 0 Å². The van der Waals surface area contributed by atoms with E-state index in [1.54, 1.807) is 0 Å². The molecular formula is C8H6F2O2. The van der Waals surface area contributed by atoms with Gasteiger partial charge in [-0.1, -0.05) is 0 Å². The number of carbonyl (C=O) groups is 1. The summed E-state index contributed by atoms with van der Waals surface area (Å²) in [7, 11) is 1.17. The lowest BCUT2D eigenvalue weighted by Crippen LogP contribution is -1.96. The second-order valence-corrected chi connectivity index (χ2v) is 2.10. The summed E-state index contributed by atoms with van der Waals surface area (Å²) in [5.74, 6) is -2.52. The van der Waals surface area contributed by atoms with Gasteiger partial charge in [0.15, 0.2) is 17.9 Å². The highest BCUT2D eigenvalue weighted by molar-refractivity contribution is 5.79. The van der Waals surface area contributed by atoms with Crippen LogP contribution in [0.5, 0.6) is 5.75 Å². The summed E-state index contributed by atoms with van der Waals surface area (Å²) >= 11 is 0. The van der Waals surface area contributed by atoms with Crippen LogP contribution in [0.15, 0.2) is 12.1 Å². The van der Waals surface area contributed by atoms with Gasteiger partial charge in [-0.05, 0) is 12.1 Å². The van der Waals surface area contributed by atoms with E-state index in [0.717, 1.165) is 12.1 Å². The molecule has 0 aliphatic carbocycles. The Morgan fingerprint density at radius 3 is 2.58 bits per heavy atom. The zero-order chi connectivity index (χ0) is 9.14. The number of aldehydes is 1. The lowest BCUT2D eigenvalue weighted by atomic mass is 10.2. The zero-order valence-corrected chi connectivity index (χ0v) is 6.30. The van der Waals surface area contributed by atoms with Crippen LogP contribution in [0.4, 0.5) is 8.78 Å². The molecule has 0 saturated carbocycles. The zero-order valence-electron chi connectivity index (χ0n) is 6.30. The molecule has 0 unspecified atom stereocenters. The molecule has 0 N–H and O–H groups in total. The number of halogens is 2. The predicted octanol–water partition coefficient (Wildman–Crippen LogP) is 1.79. The summed E-state index contributed by atoms with van der Waals surface area (Å²) in [5, 5.41) is 0. The molecule has 0 radical (unpaired) electrons. The molecule has 0 fully saturated rings. The molecule has 2 nitrogen and oxygen atoms in total. The van der Waals surface area contributed by atoms with E-state index >= 15 is 0 Å². The molecular weight excluding hydrogens is 166 g/mol. The van der Waals surface area contributed by atoms with Crippen molar-refractivity contribution in [2.24, 2.45) is 0 Å². The Hall–Kier alpha value is -1.45. The molecule has 0 saturated heterocycles. The summed E-state index contributed by atoms with van der Waals surface area (Å²) in [5.41, 5.74) is -0.00333. The predicted molar refractivity (Wildman–Crippen MR) is 38.3 cm³/mol. The maximum Gasteiger partial charge on any atom is 0.201 e. The first-order valence-corrected chi connectivity index (χ1v) is 3.18. The fourth-order valence-electron chi connectivity index (χ4n) is 0.847. The van der Waals surface area contributed by atoms with Gasteiger partial charge in [0, 0.05) is 0 Å². The second kappa shape index (κ2) is 3.30. The minimum Gasteiger partial charge on any atom is -0.493 e. The lowest BCUT2D eigenvalue weighted by molar-refractivity contribution is 0.111. The van der Waals surface area contributed by atoms with Crippen LogP contribution in [-0.2, 0) is 0 Å². The minimum absolute atomic E-state index is 0.00333. The van der Waals surface area contributed by atoms with Crippen LogP contribution < -0.4 is 4.74 Å². The van der Waals surface area contributed by atoms with E-state index in [9.17, 15) is 13.6 Å². The van der Waals surface area contributed by atoms with Crippen molar-refractivity contribution >= 4 is 6.29 Å². The Bertz CT molecular complexity index is 310. The molecule has 4 heteroatoms. The van der Waals surface area contributed by atoms with Crippen LogP contribution in [-0.4, -0.2) is 13.4 Å². The Kier molecular flexibility index (Phi) is 2.38. The fourth-order valence-corrected chi connectivity index (χ4v) is 0.847. The summed E-state index contributed by atoms with van der Waals surface area (Å²) in [6, 6.07) is 2.03. The topological polar surface area (TPSA) is 26.3 Å². The summed E-state index contributed by atoms with van der Waals surface area (Å²) in [4.78, 5) is 10.3. The Labute approximate surface area is 67.8 Å². The highest BCUT2D eigenvalue weighted by Crippen LogP contribution is 2.22. The van der Waals surface area contributed by atoms with Crippen molar-refractivity contribution in [3.63, 3.8) is 0 Å². The number of hydrogen-bond donors (Lipinski definition) is 0. The normalized spacial score (nSPS) is 9.58. The standard InChI is InChI=1S/C8H6F2O2/c1-12-8-5(4-11)2-3-6(9)7(8)10/h2-4H,1H3. The van der Waals surface area contributed by atoms with Gasteiger partial charge in [-0.2, -0.15) is 4.39 Å². The van der Waals surface area contributed by atoms with Crippen molar-refractivity contribution in [1.82, 2.24) is 0 Å². The molecule has 0 bridgehead atoms. The number of ether oxygens (including phenoxy) is 1. The quantitative estimate of drug-likeness (QED) is 0.635. The van der Waals surface area contributed by atoms with E-state index in [4.69, 9.17) is 0 Å². The van der Waals surface area contributed by atoms with Crippen molar-refractivity contribution < 1.29 is 18.3 Å². The average molecular weight is 172 g/mol. The van der Waals surface area contributed by atoms with Gasteiger partial charge in [0.1, 0.15) is 0 Å². The van der Waals surface area contributed by atoms with Crippen LogP contribution in [0.25, 0.3) is 0 Å². The highest BCUT2D eigenvalue weighted by Gasteiger charge is 2.12. The molecule has 1 aromatic rings. The van der Waals surface area contributed by atoms with Gasteiger partial charge in [0.25, 0.3) is 0 Å². The molecule has 1 rings (SSSR count). The van der Waals surface area contributed by atoms with Crippen molar-refractivity contribution in [2.75, 3.05) is 7.11 Å². The summed E-state index contributed by atoms with van der Waals surface area (Å²) in [6.07, 6.45) is 0.404. The van der Waals surface area contributed by atoms with E-state index in [1.165, 1.54) is 7.11 Å². The largest absolute Gasteiger partial charge is 0.493 e. The Morgan fingerprint density at radius 1 is 1.42 bits per heavy atom. The van der Waals surface area contributed by atoms with Gasteiger partial charge in [-0.25, -0.2) is 4.39 Å². The second-order valence-electron chi connectivity index (χ2n) is 2.10. The first kappa shape index (κ1) is 8.64. The highest BCUT2D eigenvalue weighted by atomic mass is 19.2. The third-order valence-corrected chi connectivity index (χ3v) is 1.41. The van der Waals surface area contributed by atoms with Crippen molar-refractivity contribution in [3.05, 3.63) is 29.3 Å². The van der Waals surface area contributed by atoms with Gasteiger partial charge in [-0.15, -0.1) is 0 Å². The molecule has 0 aliphatic rings. The molecule has 0 aromatic heterocycles. The number of methoxy groups -OCH3 is 1. The Balaban J connectivity index is 3.35. The number of rotatable bonds is 2. The first-order valence-electron chi connectivity index (χ1n) is 3.18. The fraction of sp³-hybridized carbons (Fsp3) is 0.125. The number of carbonyl (C=O) groups excluding carboxylic acids is 1. The summed E-state index contributed by atoms with van der Waals surface area (Å²) in [6.45, 7) is 0. The smallest absolute Gasteiger partial charge is 0.201 e. The Morgan fingerprint density at radius 2 is 2.08 bits per heavy atom. The third-order valence-electron chi connectivity index (χ3n) is 1.41. The van der Waals surface area contributed by atoms with Gasteiger partial charge in [0.05, 0.1) is 12.7 Å². The SMILES string of the molecule is COc1c(C=O)ccc(F)c1F. The maximum absolute atomic E-state index is 12.8. The molecule has 1 aromatic carbocycles. The van der Waals surface area contributed by atoms with Gasteiger partial charge < -0.3 is 4.74 Å². The molecule has 0 heterocycles. The number of benzene rings is 1. The van der Waals surface area contributed by atoms with Crippen LogP contribution in [0.1, 0.15) is 10.4 Å². The van der Waals surface area contributed by atoms with Crippen molar-refractivity contribution in [2.45, 2.75) is 0 Å². The van der Waals surface area contributed by atoms with Crippen molar-refractivity contribution in [3.8, 4) is 5.75 Å². The van der Waals surface area contributed by atoms with E-state index in [2.05, 4.69) is 4.74 Å². The van der Waals surface area contributed by atoms with E-state index in [1.807, 2.05) is 0 Å². The number of hydrogen-bond acceptors (Lipinski definition) is 2. The third kappa shape index (κ3) is 1.28. The van der Waals surface area contributed by atoms with Crippen LogP contribution in [0, 0.1) is 11.6 Å².